The van der Waals surface area contributed by atoms with E-state index in [1.54, 1.807) is 0 Å². The molecular formula is C48H29NO2. The van der Waals surface area contributed by atoms with Crippen molar-refractivity contribution in [2.75, 3.05) is 4.90 Å². The lowest BCUT2D eigenvalue weighted by Gasteiger charge is -2.28. The van der Waals surface area contributed by atoms with Crippen LogP contribution in [-0.4, -0.2) is 0 Å². The molecule has 0 saturated heterocycles. The molecule has 1 aliphatic carbocycles. The maximum Gasteiger partial charge on any atom is 0.137 e. The number of nitrogens with zero attached hydrogens (tertiary/aromatic N) is 1. The summed E-state index contributed by atoms with van der Waals surface area (Å²) < 4.78 is 12.8. The van der Waals surface area contributed by atoms with E-state index < -0.39 is 0 Å². The van der Waals surface area contributed by atoms with Gasteiger partial charge in [0.25, 0.3) is 0 Å². The van der Waals surface area contributed by atoms with Crippen molar-refractivity contribution in [3.63, 3.8) is 0 Å². The molecule has 0 fully saturated rings. The number of benzene rings is 8. The van der Waals surface area contributed by atoms with Crippen molar-refractivity contribution in [1.29, 1.82) is 0 Å². The molecule has 0 N–H and O–H groups in total. The minimum absolute atomic E-state index is 0.852. The van der Waals surface area contributed by atoms with Crippen LogP contribution in [0.4, 0.5) is 17.1 Å². The number of hydrogen-bond donors (Lipinski definition) is 0. The fourth-order valence-corrected chi connectivity index (χ4v) is 8.14. The highest BCUT2D eigenvalue weighted by Crippen LogP contribution is 2.50. The Balaban J connectivity index is 1.18. The van der Waals surface area contributed by atoms with Crippen LogP contribution >= 0.6 is 0 Å². The molecule has 10 aromatic rings. The van der Waals surface area contributed by atoms with Gasteiger partial charge in [0, 0.05) is 50.7 Å². The zero-order valence-electron chi connectivity index (χ0n) is 27.5. The molecular weight excluding hydrogens is 623 g/mol. The SMILES string of the molecule is c1ccc2c(c1)-c1ccccc1-c1ccc(N(c3ccc4c(c3)oc3ccccc34)c3ccc4c(c3)oc3ccccc34)cc1-c1ccccc1-2. The minimum atomic E-state index is 0.852. The molecule has 11 rings (SSSR count). The van der Waals surface area contributed by atoms with Gasteiger partial charge >= 0.3 is 0 Å². The van der Waals surface area contributed by atoms with Gasteiger partial charge in [0.1, 0.15) is 22.3 Å². The van der Waals surface area contributed by atoms with Gasteiger partial charge < -0.3 is 13.7 Å². The Morgan fingerprint density at radius 3 is 1.06 bits per heavy atom. The fourth-order valence-electron chi connectivity index (χ4n) is 8.14. The molecule has 2 aromatic heterocycles. The molecule has 0 aliphatic heterocycles. The van der Waals surface area contributed by atoms with E-state index in [9.17, 15) is 0 Å². The van der Waals surface area contributed by atoms with Crippen LogP contribution in [0.2, 0.25) is 0 Å². The Labute approximate surface area is 294 Å². The van der Waals surface area contributed by atoms with E-state index in [1.807, 2.05) is 24.3 Å². The third kappa shape index (κ3) is 4.25. The highest BCUT2D eigenvalue weighted by molar-refractivity contribution is 6.09. The highest BCUT2D eigenvalue weighted by Gasteiger charge is 2.24. The molecule has 3 nitrogen and oxygen atoms in total. The van der Waals surface area contributed by atoms with Crippen LogP contribution < -0.4 is 4.90 Å². The van der Waals surface area contributed by atoms with Crippen molar-refractivity contribution in [3.05, 3.63) is 176 Å². The number of furan rings is 2. The molecule has 238 valence electrons. The van der Waals surface area contributed by atoms with Gasteiger partial charge in [0.2, 0.25) is 0 Å². The van der Waals surface area contributed by atoms with Crippen LogP contribution in [0.3, 0.4) is 0 Å². The van der Waals surface area contributed by atoms with Crippen molar-refractivity contribution in [2.24, 2.45) is 0 Å². The Morgan fingerprint density at radius 1 is 0.255 bits per heavy atom. The third-order valence-corrected chi connectivity index (χ3v) is 10.4. The van der Waals surface area contributed by atoms with E-state index in [-0.39, 0.29) is 0 Å². The molecule has 0 saturated carbocycles. The maximum absolute atomic E-state index is 6.42. The summed E-state index contributed by atoms with van der Waals surface area (Å²) in [7, 11) is 0. The zero-order chi connectivity index (χ0) is 33.5. The first-order valence-electron chi connectivity index (χ1n) is 17.3. The number of anilines is 3. The monoisotopic (exact) mass is 651 g/mol. The van der Waals surface area contributed by atoms with Gasteiger partial charge in [-0.2, -0.15) is 0 Å². The van der Waals surface area contributed by atoms with Gasteiger partial charge in [-0.25, -0.2) is 0 Å². The second-order valence-electron chi connectivity index (χ2n) is 13.3. The summed E-state index contributed by atoms with van der Waals surface area (Å²) in [5.41, 5.74) is 16.3. The van der Waals surface area contributed by atoms with Crippen molar-refractivity contribution < 1.29 is 8.83 Å². The van der Waals surface area contributed by atoms with Crippen LogP contribution in [-0.2, 0) is 0 Å². The van der Waals surface area contributed by atoms with Gasteiger partial charge in [-0.05, 0) is 93.0 Å². The van der Waals surface area contributed by atoms with Gasteiger partial charge in [0.05, 0.1) is 0 Å². The summed E-state index contributed by atoms with van der Waals surface area (Å²) in [6.07, 6.45) is 0. The smallest absolute Gasteiger partial charge is 0.137 e. The maximum atomic E-state index is 6.42. The first-order chi connectivity index (χ1) is 25.3. The summed E-state index contributed by atoms with van der Waals surface area (Å²) in [6.45, 7) is 0. The van der Waals surface area contributed by atoms with Crippen molar-refractivity contribution in [3.8, 4) is 44.5 Å². The van der Waals surface area contributed by atoms with E-state index >= 15 is 0 Å². The lowest BCUT2D eigenvalue weighted by molar-refractivity contribution is 0.669. The standard InChI is InChI=1S/C48H29NO2/c1-2-12-34-33(11-1)35-13-3-4-15-37(35)39-24-21-30(27-44(39)38-16-6-5-14-36(34)38)49(31-22-25-42-40-17-7-9-19-45(40)50-47(42)28-31)32-23-26-43-41-18-8-10-20-46(41)51-48(43)29-32/h1-29H. The summed E-state index contributed by atoms with van der Waals surface area (Å²) in [4.78, 5) is 2.32. The fraction of sp³-hybridized carbons (Fsp3) is 0. The summed E-state index contributed by atoms with van der Waals surface area (Å²) in [5.74, 6) is 0. The molecule has 0 bridgehead atoms. The molecule has 2 heterocycles. The van der Waals surface area contributed by atoms with E-state index in [2.05, 4.69) is 157 Å². The van der Waals surface area contributed by atoms with Gasteiger partial charge in [-0.3, -0.25) is 0 Å². The van der Waals surface area contributed by atoms with Crippen LogP contribution in [0.5, 0.6) is 0 Å². The average Bonchev–Trinajstić information content (AvgIpc) is 3.75. The van der Waals surface area contributed by atoms with Crippen LogP contribution in [0, 0.1) is 0 Å². The molecule has 0 atom stereocenters. The third-order valence-electron chi connectivity index (χ3n) is 10.4. The lowest BCUT2D eigenvalue weighted by Crippen LogP contribution is -2.10. The Bertz CT molecular complexity index is 2880. The van der Waals surface area contributed by atoms with Crippen LogP contribution in [0.15, 0.2) is 185 Å². The predicted octanol–water partition coefficient (Wildman–Crippen LogP) is 13.9. The lowest BCUT2D eigenvalue weighted by atomic mass is 9.81. The second-order valence-corrected chi connectivity index (χ2v) is 13.3. The molecule has 1 aliphatic rings. The number of para-hydroxylation sites is 2. The number of fused-ring (bicyclic) bond motifs is 14. The quantitative estimate of drug-likeness (QED) is 0.190. The molecule has 0 spiro atoms. The van der Waals surface area contributed by atoms with E-state index in [4.69, 9.17) is 8.83 Å². The molecule has 0 unspecified atom stereocenters. The summed E-state index contributed by atoms with van der Waals surface area (Å²) >= 11 is 0. The van der Waals surface area contributed by atoms with Gasteiger partial charge in [0.15, 0.2) is 0 Å². The molecule has 0 radical (unpaired) electrons. The predicted molar refractivity (Wildman–Crippen MR) is 211 cm³/mol. The molecule has 8 aromatic carbocycles. The molecule has 51 heavy (non-hydrogen) atoms. The first-order valence-corrected chi connectivity index (χ1v) is 17.3. The summed E-state index contributed by atoms with van der Waals surface area (Å²) in [5, 5.41) is 4.44. The zero-order valence-corrected chi connectivity index (χ0v) is 27.5. The van der Waals surface area contributed by atoms with E-state index in [0.717, 1.165) is 60.9 Å². The topological polar surface area (TPSA) is 29.5 Å². The van der Waals surface area contributed by atoms with Gasteiger partial charge in [-0.1, -0.05) is 115 Å². The second kappa shape index (κ2) is 10.8. The molecule has 0 amide bonds. The first kappa shape index (κ1) is 28.0. The number of hydrogen-bond acceptors (Lipinski definition) is 3. The minimum Gasteiger partial charge on any atom is -0.456 e. The Hall–Kier alpha value is -6.84. The van der Waals surface area contributed by atoms with Gasteiger partial charge in [-0.15, -0.1) is 0 Å². The van der Waals surface area contributed by atoms with E-state index in [1.165, 1.54) is 44.5 Å². The Morgan fingerprint density at radius 2 is 0.588 bits per heavy atom. The van der Waals surface area contributed by atoms with Crippen molar-refractivity contribution in [1.82, 2.24) is 0 Å². The largest absolute Gasteiger partial charge is 0.456 e. The van der Waals surface area contributed by atoms with Crippen molar-refractivity contribution >= 4 is 60.9 Å². The molecule has 3 heteroatoms. The normalized spacial score (nSPS) is 11.9. The van der Waals surface area contributed by atoms with Crippen molar-refractivity contribution in [2.45, 2.75) is 0 Å². The van der Waals surface area contributed by atoms with Crippen LogP contribution in [0.25, 0.3) is 88.4 Å². The number of rotatable bonds is 3. The Kier molecular flexibility index (Phi) is 5.96. The summed E-state index contributed by atoms with van der Waals surface area (Å²) in [6, 6.07) is 62.8. The average molecular weight is 652 g/mol. The van der Waals surface area contributed by atoms with E-state index in [0.29, 0.717) is 0 Å². The highest BCUT2D eigenvalue weighted by atomic mass is 16.3. The van der Waals surface area contributed by atoms with Crippen LogP contribution in [0.1, 0.15) is 0 Å².